The van der Waals surface area contributed by atoms with Crippen LogP contribution < -0.4 is 10.1 Å². The second-order valence-electron chi connectivity index (χ2n) is 6.09. The van der Waals surface area contributed by atoms with Crippen molar-refractivity contribution >= 4 is 0 Å². The van der Waals surface area contributed by atoms with Crippen molar-refractivity contribution in [2.75, 3.05) is 7.05 Å². The van der Waals surface area contributed by atoms with Gasteiger partial charge in [0.05, 0.1) is 11.4 Å². The third kappa shape index (κ3) is 3.89. The highest BCUT2D eigenvalue weighted by Gasteiger charge is 2.18. The molecule has 1 aliphatic carbocycles. The molecular formula is C18H25N3O. The summed E-state index contributed by atoms with van der Waals surface area (Å²) >= 11 is 0. The molecule has 4 heteroatoms. The normalized spacial score (nSPS) is 15.3. The summed E-state index contributed by atoms with van der Waals surface area (Å²) in [5, 5.41) is 7.93. The van der Waals surface area contributed by atoms with E-state index in [0.29, 0.717) is 6.61 Å². The molecule has 0 saturated heterocycles. The summed E-state index contributed by atoms with van der Waals surface area (Å²) in [6.45, 7) is 2.40. The number of nitrogens with zero attached hydrogens (tertiary/aromatic N) is 2. The Morgan fingerprint density at radius 2 is 2.00 bits per heavy atom. The summed E-state index contributed by atoms with van der Waals surface area (Å²) in [4.78, 5) is 0. The lowest BCUT2D eigenvalue weighted by Gasteiger charge is -2.13. The Hall–Kier alpha value is -1.81. The average Bonchev–Trinajstić information content (AvgIpc) is 3.17. The van der Waals surface area contributed by atoms with Crippen molar-refractivity contribution in [3.8, 4) is 5.75 Å². The Balaban J connectivity index is 1.69. The molecule has 0 spiro atoms. The van der Waals surface area contributed by atoms with E-state index < -0.39 is 0 Å². The fraction of sp³-hybridized carbons (Fsp3) is 0.500. The number of nitrogens with one attached hydrogen (secondary N) is 1. The number of benzene rings is 1. The summed E-state index contributed by atoms with van der Waals surface area (Å²) in [5.41, 5.74) is 2.26. The van der Waals surface area contributed by atoms with Gasteiger partial charge in [0.1, 0.15) is 12.4 Å². The zero-order valence-corrected chi connectivity index (χ0v) is 13.3. The molecule has 1 saturated carbocycles. The number of hydrogen-bond donors (Lipinski definition) is 1. The quantitative estimate of drug-likeness (QED) is 0.852. The lowest BCUT2D eigenvalue weighted by atomic mass is 10.1. The maximum atomic E-state index is 5.91. The fourth-order valence-corrected chi connectivity index (χ4v) is 3.17. The van der Waals surface area contributed by atoms with Gasteiger partial charge in [0, 0.05) is 13.1 Å². The lowest BCUT2D eigenvalue weighted by molar-refractivity contribution is 0.285. The number of rotatable bonds is 7. The first-order valence-corrected chi connectivity index (χ1v) is 8.23. The van der Waals surface area contributed by atoms with Crippen LogP contribution in [0.4, 0.5) is 0 Å². The largest absolute Gasteiger partial charge is 0.487 e. The predicted molar refractivity (Wildman–Crippen MR) is 87.7 cm³/mol. The molecule has 3 rings (SSSR count). The molecule has 1 N–H and O–H groups in total. The van der Waals surface area contributed by atoms with Gasteiger partial charge in [0.15, 0.2) is 0 Å². The Bertz CT molecular complexity index is 573. The number of aromatic nitrogens is 2. The third-order valence-corrected chi connectivity index (χ3v) is 4.31. The minimum Gasteiger partial charge on any atom is -0.487 e. The molecule has 22 heavy (non-hydrogen) atoms. The van der Waals surface area contributed by atoms with E-state index in [-0.39, 0.29) is 0 Å². The van der Waals surface area contributed by atoms with E-state index in [1.165, 1.54) is 31.4 Å². The van der Waals surface area contributed by atoms with E-state index >= 15 is 0 Å². The SMILES string of the molecule is CNCc1cc(COc2ccccc2)n(CC2CCCC2)n1. The Morgan fingerprint density at radius 3 is 2.73 bits per heavy atom. The smallest absolute Gasteiger partial charge is 0.130 e. The molecule has 1 fully saturated rings. The molecule has 0 bridgehead atoms. The summed E-state index contributed by atoms with van der Waals surface area (Å²) in [6, 6.07) is 12.1. The first kappa shape index (κ1) is 15.1. The van der Waals surface area contributed by atoms with Crippen LogP contribution in [-0.2, 0) is 19.7 Å². The third-order valence-electron chi connectivity index (χ3n) is 4.31. The van der Waals surface area contributed by atoms with Crippen LogP contribution in [0.1, 0.15) is 37.1 Å². The van der Waals surface area contributed by atoms with Crippen molar-refractivity contribution < 1.29 is 4.74 Å². The van der Waals surface area contributed by atoms with Crippen molar-refractivity contribution in [3.05, 3.63) is 47.8 Å². The summed E-state index contributed by atoms with van der Waals surface area (Å²) < 4.78 is 8.07. The van der Waals surface area contributed by atoms with Crippen LogP contribution in [-0.4, -0.2) is 16.8 Å². The van der Waals surface area contributed by atoms with E-state index in [4.69, 9.17) is 9.84 Å². The molecule has 2 aromatic rings. The van der Waals surface area contributed by atoms with E-state index in [9.17, 15) is 0 Å². The molecule has 0 radical (unpaired) electrons. The summed E-state index contributed by atoms with van der Waals surface area (Å²) in [7, 11) is 1.95. The summed E-state index contributed by atoms with van der Waals surface area (Å²) in [6.07, 6.45) is 5.40. The summed E-state index contributed by atoms with van der Waals surface area (Å²) in [5.74, 6) is 1.68. The highest BCUT2D eigenvalue weighted by molar-refractivity contribution is 5.21. The fourth-order valence-electron chi connectivity index (χ4n) is 3.17. The van der Waals surface area contributed by atoms with Crippen molar-refractivity contribution in [1.29, 1.82) is 0 Å². The minimum atomic E-state index is 0.577. The second kappa shape index (κ2) is 7.45. The zero-order valence-electron chi connectivity index (χ0n) is 13.3. The number of hydrogen-bond acceptors (Lipinski definition) is 3. The maximum absolute atomic E-state index is 5.91. The van der Waals surface area contributed by atoms with Gasteiger partial charge in [-0.3, -0.25) is 4.68 Å². The number of para-hydroxylation sites is 1. The van der Waals surface area contributed by atoms with Gasteiger partial charge in [-0.2, -0.15) is 5.10 Å². The van der Waals surface area contributed by atoms with Gasteiger partial charge in [0.25, 0.3) is 0 Å². The Kier molecular flexibility index (Phi) is 5.11. The molecular weight excluding hydrogens is 274 g/mol. The van der Waals surface area contributed by atoms with Gasteiger partial charge < -0.3 is 10.1 Å². The van der Waals surface area contributed by atoms with Crippen molar-refractivity contribution in [1.82, 2.24) is 15.1 Å². The highest BCUT2D eigenvalue weighted by Crippen LogP contribution is 2.26. The van der Waals surface area contributed by atoms with Crippen LogP contribution in [0.5, 0.6) is 5.75 Å². The van der Waals surface area contributed by atoms with Crippen LogP contribution in [0.25, 0.3) is 0 Å². The second-order valence-corrected chi connectivity index (χ2v) is 6.09. The molecule has 1 aromatic carbocycles. The zero-order chi connectivity index (χ0) is 15.2. The highest BCUT2D eigenvalue weighted by atomic mass is 16.5. The molecule has 118 valence electrons. The van der Waals surface area contributed by atoms with Crippen LogP contribution in [0.3, 0.4) is 0 Å². The molecule has 1 aliphatic rings. The lowest BCUT2D eigenvalue weighted by Crippen LogP contribution is -2.14. The Morgan fingerprint density at radius 1 is 1.23 bits per heavy atom. The van der Waals surface area contributed by atoms with Crippen LogP contribution in [0.15, 0.2) is 36.4 Å². The molecule has 0 amide bonds. The standard InChI is InChI=1S/C18H25N3O/c1-19-12-16-11-17(14-22-18-9-3-2-4-10-18)21(20-16)13-15-7-5-6-8-15/h2-4,9-11,15,19H,5-8,12-14H2,1H3. The topological polar surface area (TPSA) is 39.1 Å². The van der Waals surface area contributed by atoms with Gasteiger partial charge >= 0.3 is 0 Å². The molecule has 1 heterocycles. The van der Waals surface area contributed by atoms with Crippen LogP contribution >= 0.6 is 0 Å². The number of ether oxygens (including phenoxy) is 1. The van der Waals surface area contributed by atoms with Crippen molar-refractivity contribution in [2.24, 2.45) is 5.92 Å². The predicted octanol–water partition coefficient (Wildman–Crippen LogP) is 3.37. The van der Waals surface area contributed by atoms with E-state index in [1.807, 2.05) is 37.4 Å². The first-order valence-electron chi connectivity index (χ1n) is 8.23. The monoisotopic (exact) mass is 299 g/mol. The van der Waals surface area contributed by atoms with E-state index in [0.717, 1.165) is 30.5 Å². The van der Waals surface area contributed by atoms with Crippen molar-refractivity contribution in [2.45, 2.75) is 45.4 Å². The Labute approximate surface area is 132 Å². The van der Waals surface area contributed by atoms with Gasteiger partial charge in [-0.25, -0.2) is 0 Å². The van der Waals surface area contributed by atoms with Crippen LogP contribution in [0, 0.1) is 5.92 Å². The maximum Gasteiger partial charge on any atom is 0.130 e. The molecule has 1 aromatic heterocycles. The molecule has 4 nitrogen and oxygen atoms in total. The van der Waals surface area contributed by atoms with Gasteiger partial charge in [-0.1, -0.05) is 31.0 Å². The average molecular weight is 299 g/mol. The van der Waals surface area contributed by atoms with Crippen LogP contribution in [0.2, 0.25) is 0 Å². The first-order chi connectivity index (χ1) is 10.8. The molecule has 0 atom stereocenters. The van der Waals surface area contributed by atoms with Crippen molar-refractivity contribution in [3.63, 3.8) is 0 Å². The molecule has 0 aliphatic heterocycles. The minimum absolute atomic E-state index is 0.577. The van der Waals surface area contributed by atoms with E-state index in [1.54, 1.807) is 0 Å². The van der Waals surface area contributed by atoms with Gasteiger partial charge in [0.2, 0.25) is 0 Å². The van der Waals surface area contributed by atoms with Gasteiger partial charge in [-0.05, 0) is 44.0 Å². The van der Waals surface area contributed by atoms with Gasteiger partial charge in [-0.15, -0.1) is 0 Å². The van der Waals surface area contributed by atoms with E-state index in [2.05, 4.69) is 16.1 Å². The molecule has 0 unspecified atom stereocenters.